The normalized spacial score (nSPS) is 12.5. The van der Waals surface area contributed by atoms with E-state index in [1.807, 2.05) is 42.9 Å². The van der Waals surface area contributed by atoms with E-state index in [0.717, 1.165) is 21.6 Å². The van der Waals surface area contributed by atoms with E-state index in [1.54, 1.807) is 11.3 Å². The summed E-state index contributed by atoms with van der Waals surface area (Å²) < 4.78 is 3.25. The summed E-state index contributed by atoms with van der Waals surface area (Å²) in [4.78, 5) is 5.52. The minimum Gasteiger partial charge on any atom is -0.328 e. The summed E-state index contributed by atoms with van der Waals surface area (Å²) in [5.74, 6) is 0. The highest BCUT2D eigenvalue weighted by molar-refractivity contribution is 9.11. The van der Waals surface area contributed by atoms with Gasteiger partial charge in [-0.05, 0) is 33.6 Å². The van der Waals surface area contributed by atoms with Crippen molar-refractivity contribution >= 4 is 27.3 Å². The number of aromatic nitrogens is 2. The van der Waals surface area contributed by atoms with Crippen molar-refractivity contribution in [1.29, 1.82) is 0 Å². The third kappa shape index (κ3) is 2.85. The molecule has 0 amide bonds. The molecule has 1 unspecified atom stereocenters. The maximum Gasteiger partial charge on any atom is 0.0952 e. The predicted molar refractivity (Wildman–Crippen MR) is 85.8 cm³/mol. The molecule has 3 nitrogen and oxygen atoms in total. The van der Waals surface area contributed by atoms with Crippen LogP contribution in [0.1, 0.15) is 22.2 Å². The summed E-state index contributed by atoms with van der Waals surface area (Å²) in [6.45, 7) is 0.798. The first-order valence-corrected chi connectivity index (χ1v) is 7.90. The molecule has 2 heterocycles. The van der Waals surface area contributed by atoms with Gasteiger partial charge in [0.1, 0.15) is 0 Å². The van der Waals surface area contributed by atoms with Crippen LogP contribution in [0, 0.1) is 0 Å². The lowest BCUT2D eigenvalue weighted by atomic mass is 10.1. The zero-order valence-corrected chi connectivity index (χ0v) is 13.1. The van der Waals surface area contributed by atoms with Gasteiger partial charge < -0.3 is 10.3 Å². The van der Waals surface area contributed by atoms with E-state index in [1.165, 1.54) is 4.88 Å². The van der Waals surface area contributed by atoms with Crippen LogP contribution in [0.2, 0.25) is 0 Å². The van der Waals surface area contributed by atoms with Gasteiger partial charge in [0.05, 0.1) is 34.6 Å². The quantitative estimate of drug-likeness (QED) is 0.779. The lowest BCUT2D eigenvalue weighted by Gasteiger charge is -2.14. The molecular weight excluding hydrogens is 334 g/mol. The van der Waals surface area contributed by atoms with Crippen molar-refractivity contribution in [2.24, 2.45) is 5.73 Å². The van der Waals surface area contributed by atoms with Gasteiger partial charge in [-0.15, -0.1) is 11.3 Å². The van der Waals surface area contributed by atoms with Crippen molar-refractivity contribution in [3.63, 3.8) is 0 Å². The average Bonchev–Trinajstić information content (AvgIpc) is 3.09. The molecule has 0 saturated carbocycles. The van der Waals surface area contributed by atoms with Crippen LogP contribution in [-0.4, -0.2) is 9.55 Å². The molecule has 20 heavy (non-hydrogen) atoms. The van der Waals surface area contributed by atoms with Crippen molar-refractivity contribution in [2.45, 2.75) is 12.6 Å². The highest BCUT2D eigenvalue weighted by Gasteiger charge is 2.14. The lowest BCUT2D eigenvalue weighted by Crippen LogP contribution is -2.16. The molecule has 0 aliphatic heterocycles. The molecule has 3 aromatic rings. The minimum atomic E-state index is -0.151. The first-order valence-electron chi connectivity index (χ1n) is 6.29. The summed E-state index contributed by atoms with van der Waals surface area (Å²) >= 11 is 5.22. The second kappa shape index (κ2) is 5.91. The fourth-order valence-corrected chi connectivity index (χ4v) is 3.64. The van der Waals surface area contributed by atoms with E-state index < -0.39 is 0 Å². The van der Waals surface area contributed by atoms with Gasteiger partial charge in [0.25, 0.3) is 0 Å². The van der Waals surface area contributed by atoms with Gasteiger partial charge in [-0.25, -0.2) is 4.98 Å². The van der Waals surface area contributed by atoms with Gasteiger partial charge >= 0.3 is 0 Å². The van der Waals surface area contributed by atoms with Gasteiger partial charge in [0.2, 0.25) is 0 Å². The van der Waals surface area contributed by atoms with Crippen LogP contribution in [0.3, 0.4) is 0 Å². The number of imidazole rings is 1. The van der Waals surface area contributed by atoms with Gasteiger partial charge in [-0.3, -0.25) is 0 Å². The Hall–Kier alpha value is -1.43. The van der Waals surface area contributed by atoms with Gasteiger partial charge in [0, 0.05) is 4.88 Å². The van der Waals surface area contributed by atoms with Gasteiger partial charge in [-0.1, -0.05) is 30.3 Å². The molecule has 2 N–H and O–H groups in total. The molecule has 3 rings (SSSR count). The number of hydrogen-bond donors (Lipinski definition) is 1. The molecule has 0 bridgehead atoms. The largest absolute Gasteiger partial charge is 0.328 e. The fraction of sp³-hybridized carbons (Fsp3) is 0.133. The second-order valence-corrected chi connectivity index (χ2v) is 7.09. The molecule has 1 atom stereocenters. The Bertz CT molecular complexity index is 690. The van der Waals surface area contributed by atoms with E-state index in [-0.39, 0.29) is 6.04 Å². The molecule has 0 aliphatic rings. The zero-order valence-electron chi connectivity index (χ0n) is 10.7. The molecule has 1 aromatic carbocycles. The van der Waals surface area contributed by atoms with Crippen LogP contribution in [-0.2, 0) is 6.54 Å². The van der Waals surface area contributed by atoms with Crippen molar-refractivity contribution in [3.8, 4) is 0 Å². The van der Waals surface area contributed by atoms with E-state index >= 15 is 0 Å². The van der Waals surface area contributed by atoms with E-state index in [2.05, 4.69) is 37.6 Å². The summed E-state index contributed by atoms with van der Waals surface area (Å²) in [7, 11) is 0. The number of rotatable bonds is 4. The molecule has 0 radical (unpaired) electrons. The molecule has 102 valence electrons. The van der Waals surface area contributed by atoms with Crippen molar-refractivity contribution in [3.05, 3.63) is 74.9 Å². The lowest BCUT2D eigenvalue weighted by molar-refractivity contribution is 0.701. The Morgan fingerprint density at radius 3 is 2.70 bits per heavy atom. The number of halogens is 1. The van der Waals surface area contributed by atoms with E-state index in [4.69, 9.17) is 5.73 Å². The molecule has 0 saturated heterocycles. The summed E-state index contributed by atoms with van der Waals surface area (Å²) in [5, 5.41) is 0. The van der Waals surface area contributed by atoms with Gasteiger partial charge in [0.15, 0.2) is 0 Å². The molecule has 0 aliphatic carbocycles. The van der Waals surface area contributed by atoms with Crippen LogP contribution >= 0.6 is 27.3 Å². The monoisotopic (exact) mass is 347 g/mol. The molecule has 2 aromatic heterocycles. The fourth-order valence-electron chi connectivity index (χ4n) is 2.16. The minimum absolute atomic E-state index is 0.151. The van der Waals surface area contributed by atoms with E-state index in [0.29, 0.717) is 0 Å². The third-order valence-electron chi connectivity index (χ3n) is 3.18. The Balaban J connectivity index is 1.86. The number of nitrogens with zero attached hydrogens (tertiary/aromatic N) is 2. The first kappa shape index (κ1) is 13.5. The number of thiophene rings is 1. The Morgan fingerprint density at radius 2 is 2.00 bits per heavy atom. The van der Waals surface area contributed by atoms with Crippen LogP contribution < -0.4 is 5.73 Å². The Morgan fingerprint density at radius 1 is 1.20 bits per heavy atom. The Kier molecular flexibility index (Phi) is 4.00. The third-order valence-corrected chi connectivity index (χ3v) is 4.79. The number of nitrogens with two attached hydrogens (primary N) is 1. The number of hydrogen-bond acceptors (Lipinski definition) is 3. The average molecular weight is 348 g/mol. The SMILES string of the molecule is NC(c1ccccc1)c1cncn1Cc1ccc(Br)s1. The van der Waals surface area contributed by atoms with Crippen LogP contribution in [0.15, 0.2) is 58.8 Å². The molecular formula is C15H14BrN3S. The van der Waals surface area contributed by atoms with Crippen molar-refractivity contribution in [1.82, 2.24) is 9.55 Å². The molecule has 0 fully saturated rings. The smallest absolute Gasteiger partial charge is 0.0952 e. The maximum absolute atomic E-state index is 6.35. The van der Waals surface area contributed by atoms with Gasteiger partial charge in [-0.2, -0.15) is 0 Å². The standard InChI is InChI=1S/C15H14BrN3S/c16-14-7-6-12(20-14)9-19-10-18-8-13(19)15(17)11-4-2-1-3-5-11/h1-8,10,15H,9,17H2. The second-order valence-electron chi connectivity index (χ2n) is 4.54. The zero-order chi connectivity index (χ0) is 13.9. The summed E-state index contributed by atoms with van der Waals surface area (Å²) in [6.07, 6.45) is 3.69. The van der Waals surface area contributed by atoms with E-state index in [9.17, 15) is 0 Å². The highest BCUT2D eigenvalue weighted by atomic mass is 79.9. The number of benzene rings is 1. The van der Waals surface area contributed by atoms with Crippen molar-refractivity contribution < 1.29 is 0 Å². The van der Waals surface area contributed by atoms with Crippen molar-refractivity contribution in [2.75, 3.05) is 0 Å². The Labute approximate surface area is 130 Å². The highest BCUT2D eigenvalue weighted by Crippen LogP contribution is 2.25. The molecule has 5 heteroatoms. The topological polar surface area (TPSA) is 43.8 Å². The maximum atomic E-state index is 6.35. The summed E-state index contributed by atoms with van der Waals surface area (Å²) in [6, 6.07) is 14.1. The van der Waals surface area contributed by atoms with Crippen LogP contribution in [0.5, 0.6) is 0 Å². The van der Waals surface area contributed by atoms with Crippen LogP contribution in [0.25, 0.3) is 0 Å². The molecule has 0 spiro atoms. The van der Waals surface area contributed by atoms with Crippen LogP contribution in [0.4, 0.5) is 0 Å². The predicted octanol–water partition coefficient (Wildman–Crippen LogP) is 3.80. The first-order chi connectivity index (χ1) is 9.74. The summed E-state index contributed by atoms with van der Waals surface area (Å²) in [5.41, 5.74) is 8.48.